The number of hydrogen-bond acceptors (Lipinski definition) is 4. The fourth-order valence-electron chi connectivity index (χ4n) is 0.476. The molecular formula is C5H12N2O3S. The highest BCUT2D eigenvalue weighted by Crippen LogP contribution is 2.03. The first kappa shape index (κ1) is 10.4. The van der Waals surface area contributed by atoms with Crippen molar-refractivity contribution >= 4 is 11.4 Å². The average molecular weight is 180 g/mol. The molecule has 0 heterocycles. The van der Waals surface area contributed by atoms with E-state index in [2.05, 4.69) is 4.18 Å². The zero-order valence-electron chi connectivity index (χ0n) is 6.40. The first-order chi connectivity index (χ1) is 4.95. The van der Waals surface area contributed by atoms with E-state index in [4.69, 9.17) is 16.0 Å². The minimum atomic E-state index is -2.33. The van der Waals surface area contributed by atoms with Gasteiger partial charge in [0.15, 0.2) is 0 Å². The smallest absolute Gasteiger partial charge is 0.357 e. The van der Waals surface area contributed by atoms with Gasteiger partial charge in [0.25, 0.3) is 0 Å². The van der Waals surface area contributed by atoms with Gasteiger partial charge in [0.05, 0.1) is 5.70 Å². The number of hydrogen-bond donors (Lipinski definition) is 3. The van der Waals surface area contributed by atoms with E-state index in [1.807, 2.05) is 0 Å². The van der Waals surface area contributed by atoms with E-state index in [1.54, 1.807) is 6.92 Å². The average Bonchev–Trinajstić information content (AvgIpc) is 1.84. The summed E-state index contributed by atoms with van der Waals surface area (Å²) >= 11 is -2.33. The molecule has 0 fully saturated rings. The number of nitrogens with two attached hydrogens (primary N) is 2. The highest BCUT2D eigenvalue weighted by Gasteiger charge is 2.06. The second kappa shape index (κ2) is 4.32. The van der Waals surface area contributed by atoms with Crippen molar-refractivity contribution in [1.82, 2.24) is 0 Å². The van der Waals surface area contributed by atoms with Crippen LogP contribution < -0.4 is 11.5 Å². The molecule has 0 aliphatic carbocycles. The molecule has 0 aromatic carbocycles. The van der Waals surface area contributed by atoms with Crippen LogP contribution in [0.3, 0.4) is 0 Å². The molecule has 0 bridgehead atoms. The van der Waals surface area contributed by atoms with Crippen LogP contribution in [-0.4, -0.2) is 14.8 Å². The molecule has 0 saturated heterocycles. The van der Waals surface area contributed by atoms with Crippen LogP contribution in [0.5, 0.6) is 0 Å². The Bertz CT molecular complexity index is 190. The van der Waals surface area contributed by atoms with E-state index >= 15 is 0 Å². The molecule has 11 heavy (non-hydrogen) atoms. The number of allylic oxidation sites excluding steroid dienone is 1. The van der Waals surface area contributed by atoms with Crippen LogP contribution >= 0.6 is 0 Å². The standard InChI is InChI=1S/C5H12N2O3S/c1-3(6)5(7)4(2)10-11(8)9/h3H,6-7H2,1-2H3,(H,8,9). The quantitative estimate of drug-likeness (QED) is 0.408. The van der Waals surface area contributed by atoms with Gasteiger partial charge in [0, 0.05) is 6.04 Å². The van der Waals surface area contributed by atoms with Crippen LogP contribution in [0.1, 0.15) is 13.8 Å². The fraction of sp³-hybridized carbons (Fsp3) is 0.600. The Morgan fingerprint density at radius 2 is 2.18 bits per heavy atom. The lowest BCUT2D eigenvalue weighted by molar-refractivity contribution is 0.381. The Labute approximate surface area is 67.9 Å². The first-order valence-corrected chi connectivity index (χ1v) is 3.99. The molecular weight excluding hydrogens is 168 g/mol. The third-order valence-corrected chi connectivity index (χ3v) is 1.49. The van der Waals surface area contributed by atoms with Crippen LogP contribution in [0, 0.1) is 0 Å². The van der Waals surface area contributed by atoms with E-state index < -0.39 is 11.4 Å². The molecule has 0 rings (SSSR count). The molecule has 0 aromatic rings. The highest BCUT2D eigenvalue weighted by molar-refractivity contribution is 7.74. The van der Waals surface area contributed by atoms with Crippen molar-refractivity contribution in [3.8, 4) is 0 Å². The monoisotopic (exact) mass is 180 g/mol. The summed E-state index contributed by atoms with van der Waals surface area (Å²) in [6, 6.07) is -0.376. The molecule has 2 unspecified atom stereocenters. The number of rotatable bonds is 3. The summed E-state index contributed by atoms with van der Waals surface area (Å²) in [5.41, 5.74) is 11.0. The van der Waals surface area contributed by atoms with Crippen LogP contribution in [-0.2, 0) is 15.5 Å². The Balaban J connectivity index is 4.28. The lowest BCUT2D eigenvalue weighted by Crippen LogP contribution is -2.25. The summed E-state index contributed by atoms with van der Waals surface area (Å²) in [5, 5.41) is 0. The molecule has 66 valence electrons. The van der Waals surface area contributed by atoms with Gasteiger partial charge in [-0.2, -0.15) is 4.21 Å². The third kappa shape index (κ3) is 3.97. The zero-order valence-corrected chi connectivity index (χ0v) is 7.22. The Morgan fingerprint density at radius 3 is 2.45 bits per heavy atom. The van der Waals surface area contributed by atoms with Gasteiger partial charge < -0.3 is 15.7 Å². The SMILES string of the molecule is CC(OS(=O)O)=C(N)C(C)N. The van der Waals surface area contributed by atoms with Gasteiger partial charge in [-0.15, -0.1) is 0 Å². The van der Waals surface area contributed by atoms with Gasteiger partial charge >= 0.3 is 11.4 Å². The normalized spacial score (nSPS) is 18.5. The second-order valence-electron chi connectivity index (χ2n) is 2.10. The lowest BCUT2D eigenvalue weighted by Gasteiger charge is -2.08. The Kier molecular flexibility index (Phi) is 4.09. The third-order valence-electron chi connectivity index (χ3n) is 1.09. The van der Waals surface area contributed by atoms with Crippen LogP contribution in [0.4, 0.5) is 0 Å². The molecule has 0 saturated carbocycles. The van der Waals surface area contributed by atoms with Crippen molar-refractivity contribution in [2.75, 3.05) is 0 Å². The molecule has 0 radical (unpaired) electrons. The van der Waals surface area contributed by atoms with Crippen LogP contribution in [0.15, 0.2) is 11.5 Å². The molecule has 0 spiro atoms. The predicted molar refractivity (Wildman–Crippen MR) is 42.4 cm³/mol. The summed E-state index contributed by atoms with van der Waals surface area (Å²) in [5.74, 6) is 0.181. The Hall–Kier alpha value is -0.590. The van der Waals surface area contributed by atoms with Gasteiger partial charge in [0.2, 0.25) is 0 Å². The fourth-order valence-corrected chi connectivity index (χ4v) is 0.786. The van der Waals surface area contributed by atoms with E-state index in [1.165, 1.54) is 6.92 Å². The zero-order chi connectivity index (χ0) is 9.02. The van der Waals surface area contributed by atoms with Crippen LogP contribution in [0.25, 0.3) is 0 Å². The van der Waals surface area contributed by atoms with E-state index in [0.717, 1.165) is 0 Å². The first-order valence-electron chi connectivity index (χ1n) is 2.96. The van der Waals surface area contributed by atoms with E-state index in [-0.39, 0.29) is 17.5 Å². The summed E-state index contributed by atoms with van der Waals surface area (Å²) in [6.07, 6.45) is 0. The second-order valence-corrected chi connectivity index (χ2v) is 2.70. The summed E-state index contributed by atoms with van der Waals surface area (Å²) in [6.45, 7) is 3.13. The Morgan fingerprint density at radius 1 is 1.73 bits per heavy atom. The van der Waals surface area contributed by atoms with Gasteiger partial charge in [-0.25, -0.2) is 0 Å². The van der Waals surface area contributed by atoms with Gasteiger partial charge in [-0.1, -0.05) is 0 Å². The minimum Gasteiger partial charge on any atom is -0.398 e. The summed E-state index contributed by atoms with van der Waals surface area (Å²) < 4.78 is 22.7. The maximum absolute atomic E-state index is 10.1. The predicted octanol–water partition coefficient (Wildman–Crippen LogP) is -0.323. The van der Waals surface area contributed by atoms with Crippen LogP contribution in [0.2, 0.25) is 0 Å². The van der Waals surface area contributed by atoms with Crippen molar-refractivity contribution in [2.45, 2.75) is 19.9 Å². The van der Waals surface area contributed by atoms with Gasteiger partial charge in [-0.05, 0) is 13.8 Å². The maximum atomic E-state index is 10.1. The lowest BCUT2D eigenvalue weighted by atomic mass is 10.2. The van der Waals surface area contributed by atoms with E-state index in [9.17, 15) is 4.21 Å². The molecule has 5 nitrogen and oxygen atoms in total. The molecule has 2 atom stereocenters. The van der Waals surface area contributed by atoms with Crippen molar-refractivity contribution < 1.29 is 12.9 Å². The van der Waals surface area contributed by atoms with E-state index in [0.29, 0.717) is 0 Å². The van der Waals surface area contributed by atoms with Crippen molar-refractivity contribution in [1.29, 1.82) is 0 Å². The molecule has 0 aliphatic rings. The molecule has 5 N–H and O–H groups in total. The minimum absolute atomic E-state index is 0.181. The molecule has 0 amide bonds. The molecule has 0 aliphatic heterocycles. The summed E-state index contributed by atoms with van der Waals surface area (Å²) in [4.78, 5) is 0. The maximum Gasteiger partial charge on any atom is 0.357 e. The van der Waals surface area contributed by atoms with Crippen molar-refractivity contribution in [2.24, 2.45) is 11.5 Å². The van der Waals surface area contributed by atoms with Crippen molar-refractivity contribution in [3.05, 3.63) is 11.5 Å². The molecule has 6 heteroatoms. The van der Waals surface area contributed by atoms with Gasteiger partial charge in [0.1, 0.15) is 5.76 Å². The van der Waals surface area contributed by atoms with Crippen molar-refractivity contribution in [3.63, 3.8) is 0 Å². The molecule has 0 aromatic heterocycles. The topological polar surface area (TPSA) is 98.6 Å². The summed E-state index contributed by atoms with van der Waals surface area (Å²) in [7, 11) is 0. The van der Waals surface area contributed by atoms with Gasteiger partial charge in [-0.3, -0.25) is 4.55 Å². The largest absolute Gasteiger partial charge is 0.398 e. The highest BCUT2D eigenvalue weighted by atomic mass is 32.2.